The fourth-order valence-corrected chi connectivity index (χ4v) is 4.33. The number of hydrogen-bond acceptors (Lipinski definition) is 1. The minimum absolute atomic E-state index is 0.141. The summed E-state index contributed by atoms with van der Waals surface area (Å²) >= 11 is 0. The molecule has 1 amide bonds. The van der Waals surface area contributed by atoms with Gasteiger partial charge in [0.1, 0.15) is 0 Å². The average Bonchev–Trinajstić information content (AvgIpc) is 2.99. The number of para-hydroxylation sites is 1. The summed E-state index contributed by atoms with van der Waals surface area (Å²) in [4.78, 5) is 12.3. The van der Waals surface area contributed by atoms with Gasteiger partial charge in [0.2, 0.25) is 5.91 Å². The first-order chi connectivity index (χ1) is 10.7. The zero-order chi connectivity index (χ0) is 15.2. The number of aryl methyl sites for hydroxylation is 1. The van der Waals surface area contributed by atoms with Gasteiger partial charge in [0.25, 0.3) is 0 Å². The third kappa shape index (κ3) is 1.92. The molecule has 2 aliphatic rings. The van der Waals surface area contributed by atoms with Crippen LogP contribution in [0.2, 0.25) is 0 Å². The van der Waals surface area contributed by atoms with Gasteiger partial charge in [-0.2, -0.15) is 0 Å². The molecule has 1 aromatic heterocycles. The molecule has 22 heavy (non-hydrogen) atoms. The van der Waals surface area contributed by atoms with Crippen LogP contribution in [0.25, 0.3) is 11.1 Å². The van der Waals surface area contributed by atoms with Crippen LogP contribution >= 0.6 is 0 Å². The van der Waals surface area contributed by atoms with E-state index in [0.717, 1.165) is 30.6 Å². The summed E-state index contributed by atoms with van der Waals surface area (Å²) in [5.41, 5.74) is 5.00. The minimum Gasteiger partial charge on any atom is -0.350 e. The monoisotopic (exact) mass is 294 g/mol. The lowest BCUT2D eigenvalue weighted by molar-refractivity contribution is -0.116. The van der Waals surface area contributed by atoms with Crippen molar-refractivity contribution in [1.29, 1.82) is 0 Å². The zero-order valence-electron chi connectivity index (χ0n) is 13.1. The van der Waals surface area contributed by atoms with E-state index in [1.54, 1.807) is 0 Å². The molecule has 2 aromatic rings. The number of hydrogen-bond donors (Lipinski definition) is 1. The third-order valence-electron chi connectivity index (χ3n) is 5.52. The smallest absolute Gasteiger partial charge is 0.224 e. The van der Waals surface area contributed by atoms with Crippen LogP contribution in [0.1, 0.15) is 44.7 Å². The Bertz CT molecular complexity index is 731. The van der Waals surface area contributed by atoms with E-state index in [9.17, 15) is 4.79 Å². The van der Waals surface area contributed by atoms with Crippen molar-refractivity contribution in [2.24, 2.45) is 0 Å². The SMILES string of the molecule is CC[C@@]12CCCn3ccc(c31)-c1ccccc1NC(=O)CC2. The highest BCUT2D eigenvalue weighted by atomic mass is 16.1. The normalized spacial score (nSPS) is 23.6. The van der Waals surface area contributed by atoms with Crippen molar-refractivity contribution in [3.05, 3.63) is 42.2 Å². The number of aromatic nitrogens is 1. The summed E-state index contributed by atoms with van der Waals surface area (Å²) in [6.07, 6.45) is 7.27. The van der Waals surface area contributed by atoms with E-state index in [2.05, 4.69) is 41.2 Å². The number of nitrogens with one attached hydrogen (secondary N) is 1. The molecule has 3 heteroatoms. The number of rotatable bonds is 1. The highest BCUT2D eigenvalue weighted by molar-refractivity contribution is 5.96. The lowest BCUT2D eigenvalue weighted by Crippen LogP contribution is -2.34. The molecule has 0 radical (unpaired) electrons. The Morgan fingerprint density at radius 1 is 1.18 bits per heavy atom. The quantitative estimate of drug-likeness (QED) is 0.834. The Hall–Kier alpha value is -2.03. The zero-order valence-corrected chi connectivity index (χ0v) is 13.1. The summed E-state index contributed by atoms with van der Waals surface area (Å²) < 4.78 is 2.43. The summed E-state index contributed by atoms with van der Waals surface area (Å²) in [5.74, 6) is 0.141. The largest absolute Gasteiger partial charge is 0.350 e. The van der Waals surface area contributed by atoms with Gasteiger partial charge in [-0.15, -0.1) is 0 Å². The molecule has 0 unspecified atom stereocenters. The van der Waals surface area contributed by atoms with Crippen molar-refractivity contribution >= 4 is 11.6 Å². The molecule has 1 N–H and O–H groups in total. The summed E-state index contributed by atoms with van der Waals surface area (Å²) in [6, 6.07) is 10.4. The van der Waals surface area contributed by atoms with Gasteiger partial charge in [0.15, 0.2) is 0 Å². The lowest BCUT2D eigenvalue weighted by Gasteiger charge is -2.39. The van der Waals surface area contributed by atoms with Crippen molar-refractivity contribution in [3.8, 4) is 11.1 Å². The van der Waals surface area contributed by atoms with E-state index in [0.29, 0.717) is 6.42 Å². The molecule has 1 aromatic carbocycles. The Labute approximate surface area is 131 Å². The highest BCUT2D eigenvalue weighted by Gasteiger charge is 2.39. The molecule has 0 saturated heterocycles. The second-order valence-corrected chi connectivity index (χ2v) is 6.60. The van der Waals surface area contributed by atoms with Crippen LogP contribution in [0.5, 0.6) is 0 Å². The van der Waals surface area contributed by atoms with Gasteiger partial charge in [-0.25, -0.2) is 0 Å². The number of carbonyl (C=O) groups is 1. The Morgan fingerprint density at radius 2 is 2.05 bits per heavy atom. The fourth-order valence-electron chi connectivity index (χ4n) is 4.33. The summed E-state index contributed by atoms with van der Waals surface area (Å²) in [6.45, 7) is 3.37. The molecule has 0 saturated carbocycles. The van der Waals surface area contributed by atoms with Gasteiger partial charge in [-0.3, -0.25) is 4.79 Å². The van der Waals surface area contributed by atoms with Crippen LogP contribution in [0.4, 0.5) is 5.69 Å². The average molecular weight is 294 g/mol. The first-order valence-electron chi connectivity index (χ1n) is 8.32. The number of carbonyl (C=O) groups excluding carboxylic acids is 1. The number of benzene rings is 1. The van der Waals surface area contributed by atoms with Crippen LogP contribution in [0, 0.1) is 0 Å². The predicted octanol–water partition coefficient (Wildman–Crippen LogP) is 4.33. The van der Waals surface area contributed by atoms with E-state index in [1.165, 1.54) is 24.1 Å². The molecule has 0 spiro atoms. The number of amides is 1. The minimum atomic E-state index is 0.141. The van der Waals surface area contributed by atoms with Gasteiger partial charge in [0.05, 0.1) is 0 Å². The molecule has 2 aliphatic heterocycles. The molecule has 3 heterocycles. The second-order valence-electron chi connectivity index (χ2n) is 6.60. The van der Waals surface area contributed by atoms with Crippen LogP contribution in [0.15, 0.2) is 36.5 Å². The van der Waals surface area contributed by atoms with Crippen LogP contribution in [-0.2, 0) is 16.8 Å². The molecular formula is C19H22N2O. The standard InChI is InChI=1S/C19H22N2O/c1-2-19-10-5-12-21-13-9-15(18(19)21)14-6-3-4-7-16(14)20-17(22)8-11-19/h3-4,6-7,9,13H,2,5,8,10-12H2,1H3,(H,20,22)/t19-/m0/s1. The van der Waals surface area contributed by atoms with E-state index in [1.807, 2.05) is 12.1 Å². The maximum absolute atomic E-state index is 12.3. The maximum atomic E-state index is 12.3. The van der Waals surface area contributed by atoms with E-state index < -0.39 is 0 Å². The molecule has 0 aliphatic carbocycles. The molecule has 1 atom stereocenters. The number of fused-ring (bicyclic) bond motifs is 2. The summed E-state index contributed by atoms with van der Waals surface area (Å²) in [5, 5.41) is 3.11. The van der Waals surface area contributed by atoms with Gasteiger partial charge >= 0.3 is 0 Å². The lowest BCUT2D eigenvalue weighted by atomic mass is 9.70. The number of anilines is 1. The van der Waals surface area contributed by atoms with Crippen molar-refractivity contribution in [2.75, 3.05) is 5.32 Å². The number of nitrogens with zero attached hydrogens (tertiary/aromatic N) is 1. The predicted molar refractivity (Wildman–Crippen MR) is 88.9 cm³/mol. The van der Waals surface area contributed by atoms with Crippen LogP contribution in [0.3, 0.4) is 0 Å². The van der Waals surface area contributed by atoms with Gasteiger partial charge in [-0.1, -0.05) is 25.1 Å². The molecule has 3 nitrogen and oxygen atoms in total. The first-order valence-corrected chi connectivity index (χ1v) is 8.32. The Morgan fingerprint density at radius 3 is 2.91 bits per heavy atom. The molecular weight excluding hydrogens is 272 g/mol. The Kier molecular flexibility index (Phi) is 3.10. The summed E-state index contributed by atoms with van der Waals surface area (Å²) in [7, 11) is 0. The fraction of sp³-hybridized carbons (Fsp3) is 0.421. The third-order valence-corrected chi connectivity index (χ3v) is 5.52. The van der Waals surface area contributed by atoms with Crippen molar-refractivity contribution < 1.29 is 4.79 Å². The molecule has 0 bridgehead atoms. The first kappa shape index (κ1) is 13.6. The van der Waals surface area contributed by atoms with E-state index in [4.69, 9.17) is 0 Å². The Balaban J connectivity index is 2.00. The molecule has 4 rings (SSSR count). The van der Waals surface area contributed by atoms with E-state index >= 15 is 0 Å². The highest BCUT2D eigenvalue weighted by Crippen LogP contribution is 2.47. The van der Waals surface area contributed by atoms with Crippen molar-refractivity contribution in [1.82, 2.24) is 4.57 Å². The molecule has 0 fully saturated rings. The van der Waals surface area contributed by atoms with Crippen LogP contribution < -0.4 is 5.32 Å². The van der Waals surface area contributed by atoms with Crippen molar-refractivity contribution in [3.63, 3.8) is 0 Å². The van der Waals surface area contributed by atoms with E-state index in [-0.39, 0.29) is 11.3 Å². The van der Waals surface area contributed by atoms with Gasteiger partial charge in [0, 0.05) is 47.1 Å². The molecule has 114 valence electrons. The van der Waals surface area contributed by atoms with Crippen molar-refractivity contribution in [2.45, 2.75) is 51.0 Å². The van der Waals surface area contributed by atoms with Gasteiger partial charge < -0.3 is 9.88 Å². The second kappa shape index (κ2) is 5.01. The topological polar surface area (TPSA) is 34.0 Å². The van der Waals surface area contributed by atoms with Gasteiger partial charge in [-0.05, 0) is 37.8 Å². The maximum Gasteiger partial charge on any atom is 0.224 e. The van der Waals surface area contributed by atoms with Crippen LogP contribution in [-0.4, -0.2) is 10.5 Å².